The maximum Gasteiger partial charge on any atom is 0.224 e. The molecule has 0 saturated carbocycles. The van der Waals surface area contributed by atoms with Gasteiger partial charge in [-0.15, -0.1) is 0 Å². The largest absolute Gasteiger partial charge is 0.508 e. The van der Waals surface area contributed by atoms with Crippen molar-refractivity contribution in [2.45, 2.75) is 27.2 Å². The quantitative estimate of drug-likeness (QED) is 0.699. The first-order valence-electron chi connectivity index (χ1n) is 5.74. The predicted octanol–water partition coefficient (Wildman–Crippen LogP) is 1.93. The second-order valence-corrected chi connectivity index (χ2v) is 4.55. The van der Waals surface area contributed by atoms with Gasteiger partial charge in [-0.3, -0.25) is 4.79 Å². The highest BCUT2D eigenvalue weighted by Gasteiger charge is 2.10. The number of carbonyl (C=O) groups excluding carboxylic acids is 1. The minimum absolute atomic E-state index is 0.0452. The summed E-state index contributed by atoms with van der Waals surface area (Å²) in [6.07, 6.45) is 0.413. The summed E-state index contributed by atoms with van der Waals surface area (Å²) in [7, 11) is 0. The molecule has 0 fully saturated rings. The minimum Gasteiger partial charge on any atom is -0.508 e. The van der Waals surface area contributed by atoms with Gasteiger partial charge in [-0.25, -0.2) is 0 Å². The third-order valence-corrected chi connectivity index (χ3v) is 2.75. The van der Waals surface area contributed by atoms with Crippen LogP contribution in [0.25, 0.3) is 0 Å². The van der Waals surface area contributed by atoms with E-state index >= 15 is 0 Å². The van der Waals surface area contributed by atoms with E-state index in [1.54, 1.807) is 19.1 Å². The molecule has 0 aliphatic rings. The summed E-state index contributed by atoms with van der Waals surface area (Å²) in [5.74, 6) is 0.375. The summed E-state index contributed by atoms with van der Waals surface area (Å²) in [6.45, 7) is 6.09. The lowest BCUT2D eigenvalue weighted by Crippen LogP contribution is -2.20. The number of phenolic OH excluding ortho intramolecular Hbond substituents is 1. The molecule has 0 heterocycles. The monoisotopic (exact) mass is 236 g/mol. The molecular formula is C13H20N2O2. The van der Waals surface area contributed by atoms with Crippen molar-refractivity contribution in [3.05, 3.63) is 23.3 Å². The van der Waals surface area contributed by atoms with E-state index in [0.29, 0.717) is 13.0 Å². The number of anilines is 1. The number of nitrogens with one attached hydrogen (secondary N) is 1. The van der Waals surface area contributed by atoms with E-state index in [1.807, 2.05) is 13.8 Å². The number of benzene rings is 1. The van der Waals surface area contributed by atoms with Crippen LogP contribution in [0.2, 0.25) is 0 Å². The van der Waals surface area contributed by atoms with E-state index in [0.717, 1.165) is 16.8 Å². The SMILES string of the molecule is Cc1cc(NC(=O)CC(C)CN)c(C)cc1O. The molecule has 17 heavy (non-hydrogen) atoms. The molecule has 1 amide bonds. The van der Waals surface area contributed by atoms with Crippen LogP contribution in [-0.4, -0.2) is 17.6 Å². The number of phenols is 1. The van der Waals surface area contributed by atoms with Gasteiger partial charge in [-0.1, -0.05) is 6.92 Å². The summed E-state index contributed by atoms with van der Waals surface area (Å²) in [5.41, 5.74) is 7.82. The lowest BCUT2D eigenvalue weighted by Gasteiger charge is -2.12. The molecule has 0 aliphatic heterocycles. The standard InChI is InChI=1S/C13H20N2O2/c1-8(7-14)4-13(17)15-11-5-10(3)12(16)6-9(11)2/h5-6,8,16H,4,7,14H2,1-3H3,(H,15,17). The summed E-state index contributed by atoms with van der Waals surface area (Å²) >= 11 is 0. The highest BCUT2D eigenvalue weighted by molar-refractivity contribution is 5.91. The van der Waals surface area contributed by atoms with E-state index in [4.69, 9.17) is 5.73 Å². The molecule has 0 bridgehead atoms. The third-order valence-electron chi connectivity index (χ3n) is 2.75. The van der Waals surface area contributed by atoms with Crippen molar-refractivity contribution in [1.82, 2.24) is 0 Å². The van der Waals surface area contributed by atoms with Crippen LogP contribution in [-0.2, 0) is 4.79 Å². The molecule has 94 valence electrons. The molecule has 1 unspecified atom stereocenters. The van der Waals surface area contributed by atoms with Crippen LogP contribution in [0, 0.1) is 19.8 Å². The van der Waals surface area contributed by atoms with Crippen molar-refractivity contribution in [1.29, 1.82) is 0 Å². The van der Waals surface area contributed by atoms with Crippen molar-refractivity contribution in [2.24, 2.45) is 11.7 Å². The molecule has 0 saturated heterocycles. The summed E-state index contributed by atoms with van der Waals surface area (Å²) in [5, 5.41) is 12.4. The summed E-state index contributed by atoms with van der Waals surface area (Å²) < 4.78 is 0. The molecule has 1 rings (SSSR count). The molecule has 1 aromatic rings. The predicted molar refractivity (Wildman–Crippen MR) is 69.0 cm³/mol. The van der Waals surface area contributed by atoms with Crippen molar-refractivity contribution in [3.8, 4) is 5.75 Å². The number of amides is 1. The maximum atomic E-state index is 11.7. The lowest BCUT2D eigenvalue weighted by atomic mass is 10.1. The molecule has 0 aromatic heterocycles. The zero-order chi connectivity index (χ0) is 13.0. The number of rotatable bonds is 4. The molecule has 4 N–H and O–H groups in total. The smallest absolute Gasteiger partial charge is 0.224 e. The molecule has 0 spiro atoms. The first-order valence-corrected chi connectivity index (χ1v) is 5.74. The first kappa shape index (κ1) is 13.5. The van der Waals surface area contributed by atoms with Gasteiger partial charge in [0.2, 0.25) is 5.91 Å². The Bertz CT molecular complexity index is 416. The van der Waals surface area contributed by atoms with E-state index < -0.39 is 0 Å². The van der Waals surface area contributed by atoms with E-state index in [-0.39, 0.29) is 17.6 Å². The lowest BCUT2D eigenvalue weighted by molar-refractivity contribution is -0.116. The van der Waals surface area contributed by atoms with Gasteiger partial charge < -0.3 is 16.2 Å². The van der Waals surface area contributed by atoms with E-state index in [9.17, 15) is 9.90 Å². The molecule has 0 radical (unpaired) electrons. The van der Waals surface area contributed by atoms with Crippen molar-refractivity contribution in [3.63, 3.8) is 0 Å². The normalized spacial score (nSPS) is 12.2. The van der Waals surface area contributed by atoms with Gasteiger partial charge >= 0.3 is 0 Å². The Balaban J connectivity index is 2.75. The van der Waals surface area contributed by atoms with Crippen molar-refractivity contribution < 1.29 is 9.90 Å². The van der Waals surface area contributed by atoms with Gasteiger partial charge in [0.25, 0.3) is 0 Å². The Labute approximate surface area is 102 Å². The zero-order valence-electron chi connectivity index (χ0n) is 10.6. The van der Waals surface area contributed by atoms with Gasteiger partial charge in [0.05, 0.1) is 0 Å². The molecule has 1 atom stereocenters. The second-order valence-electron chi connectivity index (χ2n) is 4.55. The Morgan fingerprint density at radius 1 is 1.41 bits per heavy atom. The van der Waals surface area contributed by atoms with Crippen molar-refractivity contribution in [2.75, 3.05) is 11.9 Å². The molecule has 1 aromatic carbocycles. The zero-order valence-corrected chi connectivity index (χ0v) is 10.6. The van der Waals surface area contributed by atoms with Crippen molar-refractivity contribution >= 4 is 11.6 Å². The Morgan fingerprint density at radius 3 is 2.65 bits per heavy atom. The highest BCUT2D eigenvalue weighted by atomic mass is 16.3. The van der Waals surface area contributed by atoms with Crippen LogP contribution >= 0.6 is 0 Å². The average molecular weight is 236 g/mol. The van der Waals surface area contributed by atoms with Crippen LogP contribution in [0.3, 0.4) is 0 Å². The topological polar surface area (TPSA) is 75.4 Å². The van der Waals surface area contributed by atoms with Gasteiger partial charge in [-0.2, -0.15) is 0 Å². The van der Waals surface area contributed by atoms with Crippen LogP contribution in [0.15, 0.2) is 12.1 Å². The van der Waals surface area contributed by atoms with Crippen LogP contribution in [0.5, 0.6) is 5.75 Å². The number of nitrogens with two attached hydrogens (primary N) is 1. The molecular weight excluding hydrogens is 216 g/mol. The van der Waals surface area contributed by atoms with Crippen LogP contribution in [0.1, 0.15) is 24.5 Å². The maximum absolute atomic E-state index is 11.7. The molecule has 4 heteroatoms. The summed E-state index contributed by atoms with van der Waals surface area (Å²) in [4.78, 5) is 11.7. The van der Waals surface area contributed by atoms with Gasteiger partial charge in [0, 0.05) is 12.1 Å². The van der Waals surface area contributed by atoms with E-state index in [1.165, 1.54) is 0 Å². The Hall–Kier alpha value is -1.55. The summed E-state index contributed by atoms with van der Waals surface area (Å²) in [6, 6.07) is 3.42. The second kappa shape index (κ2) is 5.68. The Morgan fingerprint density at radius 2 is 2.06 bits per heavy atom. The minimum atomic E-state index is -0.0452. The van der Waals surface area contributed by atoms with Crippen LogP contribution < -0.4 is 11.1 Å². The average Bonchev–Trinajstić information content (AvgIpc) is 2.25. The van der Waals surface area contributed by atoms with Gasteiger partial charge in [0.15, 0.2) is 0 Å². The number of hydrogen-bond acceptors (Lipinski definition) is 3. The number of hydrogen-bond donors (Lipinski definition) is 3. The van der Waals surface area contributed by atoms with E-state index in [2.05, 4.69) is 5.32 Å². The van der Waals surface area contributed by atoms with Gasteiger partial charge in [-0.05, 0) is 49.6 Å². The van der Waals surface area contributed by atoms with Gasteiger partial charge in [0.1, 0.15) is 5.75 Å². The number of aromatic hydroxyl groups is 1. The third kappa shape index (κ3) is 3.75. The number of aryl methyl sites for hydroxylation is 2. The molecule has 0 aliphatic carbocycles. The fourth-order valence-electron chi connectivity index (χ4n) is 1.54. The molecule has 4 nitrogen and oxygen atoms in total. The number of carbonyl (C=O) groups is 1. The fraction of sp³-hybridized carbons (Fsp3) is 0.462. The van der Waals surface area contributed by atoms with Crippen LogP contribution in [0.4, 0.5) is 5.69 Å². The first-order chi connectivity index (χ1) is 7.93. The Kier molecular flexibility index (Phi) is 4.52. The highest BCUT2D eigenvalue weighted by Crippen LogP contribution is 2.25. The fourth-order valence-corrected chi connectivity index (χ4v) is 1.54.